The fraction of sp³-hybridized carbons (Fsp3) is 0.250. The number of amides is 2. The molecule has 0 aliphatic carbocycles. The molecule has 2 amide bonds. The van der Waals surface area contributed by atoms with E-state index in [1.165, 1.54) is 0 Å². The number of rotatable bonds is 8. The summed E-state index contributed by atoms with van der Waals surface area (Å²) in [7, 11) is 3.28. The number of anilines is 1. The summed E-state index contributed by atoms with van der Waals surface area (Å²) in [5, 5.41) is 6.74. The summed E-state index contributed by atoms with van der Waals surface area (Å²) in [5.74, 6) is 2.32. The first-order valence-electron chi connectivity index (χ1n) is 8.79. The second kappa shape index (κ2) is 9.40. The molecule has 0 aliphatic heterocycles. The van der Waals surface area contributed by atoms with E-state index in [2.05, 4.69) is 15.5 Å². The molecule has 0 unspecified atom stereocenters. The molecule has 1 aromatic heterocycles. The number of nitrogens with zero attached hydrogens (tertiary/aromatic N) is 3. The van der Waals surface area contributed by atoms with Gasteiger partial charge in [-0.25, -0.2) is 4.79 Å². The Bertz CT molecular complexity index is 898. The number of nitrogens with one attached hydrogen (secondary N) is 1. The number of hydrogen-bond donors (Lipinski definition) is 1. The SMILES string of the molecule is COc1cccc(NC(=O)N(C)CCc2noc(COc3ccccc3)n2)c1. The summed E-state index contributed by atoms with van der Waals surface area (Å²) in [6, 6.07) is 16.4. The summed E-state index contributed by atoms with van der Waals surface area (Å²) < 4.78 is 15.9. The highest BCUT2D eigenvalue weighted by atomic mass is 16.5. The van der Waals surface area contributed by atoms with Crippen LogP contribution >= 0.6 is 0 Å². The maximum atomic E-state index is 12.3. The number of hydrogen-bond acceptors (Lipinski definition) is 6. The minimum absolute atomic E-state index is 0.198. The van der Waals surface area contributed by atoms with Crippen molar-refractivity contribution in [3.63, 3.8) is 0 Å². The van der Waals surface area contributed by atoms with Crippen molar-refractivity contribution < 1.29 is 18.8 Å². The molecule has 0 aliphatic rings. The fourth-order valence-electron chi connectivity index (χ4n) is 2.40. The Morgan fingerprint density at radius 3 is 2.71 bits per heavy atom. The van der Waals surface area contributed by atoms with Crippen molar-refractivity contribution in [1.29, 1.82) is 0 Å². The van der Waals surface area contributed by atoms with Crippen LogP contribution in [-0.4, -0.2) is 41.8 Å². The van der Waals surface area contributed by atoms with Gasteiger partial charge in [-0.3, -0.25) is 0 Å². The summed E-state index contributed by atoms with van der Waals surface area (Å²) in [6.07, 6.45) is 0.469. The van der Waals surface area contributed by atoms with E-state index in [9.17, 15) is 4.79 Å². The number of methoxy groups -OCH3 is 1. The maximum absolute atomic E-state index is 12.3. The standard InChI is InChI=1S/C20H22N4O4/c1-24(20(25)21-15-7-6-10-17(13-15)26-2)12-11-18-22-19(28-23-18)14-27-16-8-4-3-5-9-16/h3-10,13H,11-12,14H2,1-2H3,(H,21,25). The molecule has 0 saturated heterocycles. The topological polar surface area (TPSA) is 89.7 Å². The molecule has 1 heterocycles. The van der Waals surface area contributed by atoms with Gasteiger partial charge < -0.3 is 24.2 Å². The summed E-state index contributed by atoms with van der Waals surface area (Å²) in [5.41, 5.74) is 0.663. The fourth-order valence-corrected chi connectivity index (χ4v) is 2.40. The van der Waals surface area contributed by atoms with Crippen LogP contribution < -0.4 is 14.8 Å². The summed E-state index contributed by atoms with van der Waals surface area (Å²) in [4.78, 5) is 18.1. The molecule has 3 aromatic rings. The highest BCUT2D eigenvalue weighted by Crippen LogP contribution is 2.17. The van der Waals surface area contributed by atoms with E-state index in [4.69, 9.17) is 14.0 Å². The van der Waals surface area contributed by atoms with Crippen molar-refractivity contribution in [2.75, 3.05) is 26.0 Å². The molecular weight excluding hydrogens is 360 g/mol. The van der Waals surface area contributed by atoms with Crippen molar-refractivity contribution >= 4 is 11.7 Å². The van der Waals surface area contributed by atoms with Crippen LogP contribution in [0, 0.1) is 0 Å². The maximum Gasteiger partial charge on any atom is 0.321 e. The van der Waals surface area contributed by atoms with Gasteiger partial charge in [-0.1, -0.05) is 29.4 Å². The molecule has 0 saturated carbocycles. The van der Waals surface area contributed by atoms with E-state index in [0.29, 0.717) is 36.1 Å². The first-order valence-corrected chi connectivity index (χ1v) is 8.79. The van der Waals surface area contributed by atoms with E-state index in [1.54, 1.807) is 31.2 Å². The van der Waals surface area contributed by atoms with Crippen LogP contribution in [0.2, 0.25) is 0 Å². The van der Waals surface area contributed by atoms with Gasteiger partial charge in [-0.2, -0.15) is 4.98 Å². The Labute approximate surface area is 163 Å². The van der Waals surface area contributed by atoms with Crippen LogP contribution in [0.5, 0.6) is 11.5 Å². The van der Waals surface area contributed by atoms with Gasteiger partial charge in [0.2, 0.25) is 0 Å². The van der Waals surface area contributed by atoms with Gasteiger partial charge in [-0.05, 0) is 24.3 Å². The molecule has 0 fully saturated rings. The van der Waals surface area contributed by atoms with E-state index in [0.717, 1.165) is 5.75 Å². The largest absolute Gasteiger partial charge is 0.497 e. The Balaban J connectivity index is 1.45. The average Bonchev–Trinajstić information content (AvgIpc) is 3.19. The molecule has 146 valence electrons. The Morgan fingerprint density at radius 1 is 1.14 bits per heavy atom. The van der Waals surface area contributed by atoms with Crippen LogP contribution in [0.15, 0.2) is 59.1 Å². The minimum Gasteiger partial charge on any atom is -0.497 e. The zero-order valence-electron chi connectivity index (χ0n) is 15.8. The van der Waals surface area contributed by atoms with Crippen LogP contribution in [0.4, 0.5) is 10.5 Å². The molecule has 1 N–H and O–H groups in total. The lowest BCUT2D eigenvalue weighted by atomic mass is 10.3. The molecule has 8 nitrogen and oxygen atoms in total. The first-order chi connectivity index (χ1) is 13.6. The number of benzene rings is 2. The van der Waals surface area contributed by atoms with Gasteiger partial charge in [0, 0.05) is 31.8 Å². The first kappa shape index (κ1) is 19.2. The number of carbonyl (C=O) groups is 1. The Hall–Kier alpha value is -3.55. The predicted octanol–water partition coefficient (Wildman–Crippen LogP) is 3.36. The minimum atomic E-state index is -0.232. The third-order valence-electron chi connectivity index (χ3n) is 3.95. The van der Waals surface area contributed by atoms with E-state index >= 15 is 0 Å². The second-order valence-corrected chi connectivity index (χ2v) is 6.04. The third-order valence-corrected chi connectivity index (χ3v) is 3.95. The van der Waals surface area contributed by atoms with Gasteiger partial charge in [0.15, 0.2) is 12.4 Å². The number of likely N-dealkylation sites (N-methyl/N-ethyl adjacent to an activating group) is 1. The Morgan fingerprint density at radius 2 is 1.93 bits per heavy atom. The molecule has 2 aromatic carbocycles. The van der Waals surface area contributed by atoms with Gasteiger partial charge in [0.25, 0.3) is 5.89 Å². The number of aromatic nitrogens is 2. The quantitative estimate of drug-likeness (QED) is 0.642. The monoisotopic (exact) mass is 382 g/mol. The van der Waals surface area contributed by atoms with Gasteiger partial charge >= 0.3 is 6.03 Å². The van der Waals surface area contributed by atoms with Crippen LogP contribution in [0.3, 0.4) is 0 Å². The lowest BCUT2D eigenvalue weighted by molar-refractivity contribution is 0.222. The van der Waals surface area contributed by atoms with Gasteiger partial charge in [-0.15, -0.1) is 0 Å². The summed E-state index contributed by atoms with van der Waals surface area (Å²) in [6.45, 7) is 0.636. The zero-order valence-corrected chi connectivity index (χ0v) is 15.8. The van der Waals surface area contributed by atoms with E-state index in [-0.39, 0.29) is 12.6 Å². The van der Waals surface area contributed by atoms with Gasteiger partial charge in [0.1, 0.15) is 11.5 Å². The number of carbonyl (C=O) groups excluding carboxylic acids is 1. The highest BCUT2D eigenvalue weighted by Gasteiger charge is 2.12. The normalized spacial score (nSPS) is 10.4. The van der Waals surface area contributed by atoms with E-state index < -0.39 is 0 Å². The third kappa shape index (κ3) is 5.47. The van der Waals surface area contributed by atoms with E-state index in [1.807, 2.05) is 42.5 Å². The predicted molar refractivity (Wildman–Crippen MR) is 103 cm³/mol. The zero-order chi connectivity index (χ0) is 19.8. The molecule has 28 heavy (non-hydrogen) atoms. The average molecular weight is 382 g/mol. The molecule has 0 radical (unpaired) electrons. The van der Waals surface area contributed by atoms with Crippen LogP contribution in [0.1, 0.15) is 11.7 Å². The number of urea groups is 1. The smallest absolute Gasteiger partial charge is 0.321 e. The molecule has 0 bridgehead atoms. The lowest BCUT2D eigenvalue weighted by Crippen LogP contribution is -2.33. The summed E-state index contributed by atoms with van der Waals surface area (Å²) >= 11 is 0. The highest BCUT2D eigenvalue weighted by molar-refractivity contribution is 5.89. The number of para-hydroxylation sites is 1. The van der Waals surface area contributed by atoms with Crippen molar-refractivity contribution in [2.45, 2.75) is 13.0 Å². The van der Waals surface area contributed by atoms with Crippen LogP contribution in [-0.2, 0) is 13.0 Å². The van der Waals surface area contributed by atoms with Crippen LogP contribution in [0.25, 0.3) is 0 Å². The van der Waals surface area contributed by atoms with Crippen molar-refractivity contribution in [3.05, 3.63) is 66.3 Å². The lowest BCUT2D eigenvalue weighted by Gasteiger charge is -2.17. The van der Waals surface area contributed by atoms with Crippen molar-refractivity contribution in [2.24, 2.45) is 0 Å². The molecular formula is C20H22N4O4. The molecule has 0 atom stereocenters. The molecule has 8 heteroatoms. The number of ether oxygens (including phenoxy) is 2. The van der Waals surface area contributed by atoms with Crippen molar-refractivity contribution in [1.82, 2.24) is 15.0 Å². The van der Waals surface area contributed by atoms with Gasteiger partial charge in [0.05, 0.1) is 7.11 Å². The Kier molecular flexibility index (Phi) is 6.46. The molecule has 0 spiro atoms. The molecule has 3 rings (SSSR count). The van der Waals surface area contributed by atoms with Crippen molar-refractivity contribution in [3.8, 4) is 11.5 Å². The second-order valence-electron chi connectivity index (χ2n) is 6.04.